The fourth-order valence-electron chi connectivity index (χ4n) is 1.90. The Morgan fingerprint density at radius 2 is 2.23 bits per heavy atom. The molecule has 0 aliphatic rings. The average Bonchev–Trinajstić information content (AvgIpc) is 2.82. The first-order chi connectivity index (χ1) is 10.5. The van der Waals surface area contributed by atoms with Crippen LogP contribution in [0.4, 0.5) is 10.6 Å². The average molecular weight is 303 g/mol. The van der Waals surface area contributed by atoms with E-state index in [1.54, 1.807) is 43.5 Å². The number of imidazole rings is 1. The highest BCUT2D eigenvalue weighted by atomic mass is 16.7. The molecule has 1 aromatic heterocycles. The van der Waals surface area contributed by atoms with Crippen LogP contribution < -0.4 is 4.74 Å². The summed E-state index contributed by atoms with van der Waals surface area (Å²) in [5.74, 6) is 0.586. The number of hydrogen-bond donors (Lipinski definition) is 1. The highest BCUT2D eigenvalue weighted by molar-refractivity contribution is 5.62. The number of rotatable bonds is 5. The van der Waals surface area contributed by atoms with Crippen LogP contribution in [0.15, 0.2) is 36.5 Å². The zero-order valence-corrected chi connectivity index (χ0v) is 11.7. The Morgan fingerprint density at radius 3 is 2.86 bits per heavy atom. The van der Waals surface area contributed by atoms with Crippen LogP contribution in [0.25, 0.3) is 6.08 Å². The Hall–Kier alpha value is -3.16. The number of hydrogen-bond acceptors (Lipinski definition) is 5. The van der Waals surface area contributed by atoms with Gasteiger partial charge in [0.1, 0.15) is 11.9 Å². The van der Waals surface area contributed by atoms with Crippen molar-refractivity contribution in [2.75, 3.05) is 0 Å². The molecule has 0 radical (unpaired) electrons. The molecule has 1 aromatic carbocycles. The van der Waals surface area contributed by atoms with E-state index in [1.807, 2.05) is 0 Å². The molecule has 0 saturated heterocycles. The first kappa shape index (κ1) is 15.2. The van der Waals surface area contributed by atoms with Crippen LogP contribution in [0.1, 0.15) is 11.4 Å². The lowest BCUT2D eigenvalue weighted by Crippen LogP contribution is -2.04. The van der Waals surface area contributed by atoms with E-state index < -0.39 is 11.1 Å². The van der Waals surface area contributed by atoms with E-state index in [0.717, 1.165) is 0 Å². The zero-order valence-electron chi connectivity index (χ0n) is 11.7. The van der Waals surface area contributed by atoms with Crippen molar-refractivity contribution in [3.63, 3.8) is 0 Å². The van der Waals surface area contributed by atoms with Gasteiger partial charge in [0.25, 0.3) is 0 Å². The van der Waals surface area contributed by atoms with Gasteiger partial charge in [-0.2, -0.15) is 0 Å². The number of nitrogens with zero attached hydrogens (tertiary/aromatic N) is 3. The van der Waals surface area contributed by atoms with E-state index in [0.29, 0.717) is 17.8 Å². The topological polar surface area (TPSA) is 107 Å². The van der Waals surface area contributed by atoms with Crippen molar-refractivity contribution < 1.29 is 19.6 Å². The highest BCUT2D eigenvalue weighted by Gasteiger charge is 2.14. The smallest absolute Gasteiger partial charge is 0.449 e. The molecule has 0 amide bonds. The molecule has 8 nitrogen and oxygen atoms in total. The minimum atomic E-state index is -1.38. The summed E-state index contributed by atoms with van der Waals surface area (Å²) in [6, 6.07) is 6.74. The molecule has 0 unspecified atom stereocenters. The van der Waals surface area contributed by atoms with E-state index in [4.69, 9.17) is 5.11 Å². The molecule has 1 heterocycles. The molecule has 0 saturated carbocycles. The van der Waals surface area contributed by atoms with Gasteiger partial charge in [0.05, 0.1) is 7.05 Å². The molecule has 0 aliphatic carbocycles. The number of nitro groups is 1. The summed E-state index contributed by atoms with van der Waals surface area (Å²) < 4.78 is 6.04. The standard InChI is InChI=1S/C14H13N3O5/c1-16-12(15-9-13(16)17(20)21)8-4-6-10-5-2-3-7-11(10)22-14(18)19/h2-5,7-9H,6H2,1H3,(H,18,19). The molecule has 114 valence electrons. The third-order valence-electron chi connectivity index (χ3n) is 2.96. The quantitative estimate of drug-likeness (QED) is 0.394. The predicted octanol–water partition coefficient (Wildman–Crippen LogP) is 2.64. The first-order valence-corrected chi connectivity index (χ1v) is 6.30. The molecule has 0 bridgehead atoms. The van der Waals surface area contributed by atoms with Crippen LogP contribution in [0, 0.1) is 10.1 Å². The van der Waals surface area contributed by atoms with E-state index in [1.165, 1.54) is 10.8 Å². The molecule has 0 atom stereocenters. The first-order valence-electron chi connectivity index (χ1n) is 6.30. The normalized spacial score (nSPS) is 10.8. The highest BCUT2D eigenvalue weighted by Crippen LogP contribution is 2.20. The molecule has 2 rings (SSSR count). The Bertz CT molecular complexity index is 736. The SMILES string of the molecule is Cn1c([N+](=O)[O-])cnc1C=CCc1ccccc1OC(=O)O. The van der Waals surface area contributed by atoms with Crippen molar-refractivity contribution in [3.05, 3.63) is 58.0 Å². The Kier molecular flexibility index (Phi) is 4.52. The predicted molar refractivity (Wildman–Crippen MR) is 77.7 cm³/mol. The molecular weight excluding hydrogens is 290 g/mol. The third kappa shape index (κ3) is 3.48. The number of carbonyl (C=O) groups is 1. The van der Waals surface area contributed by atoms with E-state index in [9.17, 15) is 14.9 Å². The summed E-state index contributed by atoms with van der Waals surface area (Å²) >= 11 is 0. The monoisotopic (exact) mass is 303 g/mol. The van der Waals surface area contributed by atoms with Gasteiger partial charge in [-0.15, -0.1) is 0 Å². The summed E-state index contributed by atoms with van der Waals surface area (Å²) in [6.07, 6.45) is 3.57. The summed E-state index contributed by atoms with van der Waals surface area (Å²) in [6.45, 7) is 0. The molecule has 8 heteroatoms. The second kappa shape index (κ2) is 6.53. The largest absolute Gasteiger partial charge is 0.511 e. The van der Waals surface area contributed by atoms with Crippen LogP contribution in [-0.2, 0) is 13.5 Å². The van der Waals surface area contributed by atoms with Crippen LogP contribution in [0.5, 0.6) is 5.75 Å². The lowest BCUT2D eigenvalue weighted by molar-refractivity contribution is -0.391. The Balaban J connectivity index is 2.13. The van der Waals surface area contributed by atoms with Crippen molar-refractivity contribution in [1.82, 2.24) is 9.55 Å². The minimum Gasteiger partial charge on any atom is -0.449 e. The lowest BCUT2D eigenvalue weighted by atomic mass is 10.1. The minimum absolute atomic E-state index is 0.103. The van der Waals surface area contributed by atoms with Crippen molar-refractivity contribution in [3.8, 4) is 5.75 Å². The van der Waals surface area contributed by atoms with Crippen molar-refractivity contribution >= 4 is 18.0 Å². The van der Waals surface area contributed by atoms with Crippen LogP contribution >= 0.6 is 0 Å². The van der Waals surface area contributed by atoms with Crippen LogP contribution in [-0.4, -0.2) is 25.7 Å². The fourth-order valence-corrected chi connectivity index (χ4v) is 1.90. The van der Waals surface area contributed by atoms with E-state index in [-0.39, 0.29) is 11.6 Å². The molecule has 0 spiro atoms. The van der Waals surface area contributed by atoms with Gasteiger partial charge in [0.15, 0.2) is 0 Å². The van der Waals surface area contributed by atoms with Gasteiger partial charge in [-0.05, 0) is 23.0 Å². The number of ether oxygens (including phenoxy) is 1. The number of benzene rings is 1. The van der Waals surface area contributed by atoms with Gasteiger partial charge in [-0.3, -0.25) is 0 Å². The van der Waals surface area contributed by atoms with Crippen molar-refractivity contribution in [2.45, 2.75) is 6.42 Å². The molecule has 1 N–H and O–H groups in total. The van der Waals surface area contributed by atoms with Crippen molar-refractivity contribution in [2.24, 2.45) is 7.05 Å². The molecule has 2 aromatic rings. The molecular formula is C14H13N3O5. The van der Waals surface area contributed by atoms with Gasteiger partial charge in [-0.25, -0.2) is 14.3 Å². The maximum atomic E-state index is 10.7. The van der Waals surface area contributed by atoms with Gasteiger partial charge in [0, 0.05) is 6.08 Å². The molecule has 0 aliphatic heterocycles. The summed E-state index contributed by atoms with van der Waals surface area (Å²) in [5.41, 5.74) is 0.685. The van der Waals surface area contributed by atoms with Crippen LogP contribution in [0.2, 0.25) is 0 Å². The van der Waals surface area contributed by atoms with Crippen LogP contribution in [0.3, 0.4) is 0 Å². The second-order valence-electron chi connectivity index (χ2n) is 4.37. The summed E-state index contributed by atoms with van der Waals surface area (Å²) in [4.78, 5) is 24.8. The van der Waals surface area contributed by atoms with E-state index >= 15 is 0 Å². The number of allylic oxidation sites excluding steroid dienone is 1. The molecule has 22 heavy (non-hydrogen) atoms. The maximum Gasteiger partial charge on any atom is 0.511 e. The summed E-state index contributed by atoms with van der Waals surface area (Å²) in [7, 11) is 1.55. The van der Waals surface area contributed by atoms with Gasteiger partial charge >= 0.3 is 12.0 Å². The zero-order chi connectivity index (χ0) is 16.1. The lowest BCUT2D eigenvalue weighted by Gasteiger charge is -2.05. The fraction of sp³-hybridized carbons (Fsp3) is 0.143. The maximum absolute atomic E-state index is 10.7. The summed E-state index contributed by atoms with van der Waals surface area (Å²) in [5, 5.41) is 19.4. The molecule has 0 fully saturated rings. The van der Waals surface area contributed by atoms with Gasteiger partial charge in [-0.1, -0.05) is 24.3 Å². The number of para-hydroxylation sites is 1. The second-order valence-corrected chi connectivity index (χ2v) is 4.37. The number of carboxylic acid groups (broad SMARTS) is 1. The number of aromatic nitrogens is 2. The Labute approximate surface area is 125 Å². The third-order valence-corrected chi connectivity index (χ3v) is 2.96. The van der Waals surface area contributed by atoms with E-state index in [2.05, 4.69) is 9.72 Å². The van der Waals surface area contributed by atoms with Gasteiger partial charge in [0.2, 0.25) is 5.82 Å². The Morgan fingerprint density at radius 1 is 1.50 bits per heavy atom. The van der Waals surface area contributed by atoms with Gasteiger partial charge < -0.3 is 20.0 Å². The van der Waals surface area contributed by atoms with Crippen molar-refractivity contribution in [1.29, 1.82) is 0 Å².